The number of anilines is 2. The van der Waals surface area contributed by atoms with E-state index in [2.05, 4.69) is 57.2 Å². The number of aryl methyl sites for hydroxylation is 4. The van der Waals surface area contributed by atoms with Gasteiger partial charge in [0.2, 0.25) is 23.6 Å². The summed E-state index contributed by atoms with van der Waals surface area (Å²) < 4.78 is 90.1. The number of unbranched alkanes of at least 4 members (excludes halogenated alkanes) is 1. The Morgan fingerprint density at radius 1 is 0.493 bits per heavy atom. The van der Waals surface area contributed by atoms with Gasteiger partial charge in [-0.1, -0.05) is 71.0 Å². The van der Waals surface area contributed by atoms with Crippen molar-refractivity contribution in [3.63, 3.8) is 0 Å². The van der Waals surface area contributed by atoms with Crippen LogP contribution in [-0.4, -0.2) is 279 Å². The number of fused-ring (bicyclic) bond motifs is 4. The number of imidazole rings is 2. The van der Waals surface area contributed by atoms with Crippen LogP contribution in [0, 0.1) is 27.7 Å². The SMILES string of the molecule is Cc1noc(C)c1-c1ccc(-c2nc3cnccn3c2NCC(=O)CCCCOCCOCCOCCCNC(=O)COc2cccc3c2C(=O)N(C2CCC(=O)NC2=O)C3=O)cc1.Cc1noc(C)c1-c1ccc(-c2nc3cnccn3c2NCC(=O)O)cc1.NCCCOCCOCCOCCCNC(=O)COc1cccc2c1C(=O)N(C1CCC(=O)NC1=O)C2=O.O=C(O)C(F)(F)F. The number of halogens is 3. The molecule has 4 aromatic carbocycles. The Balaban J connectivity index is 0.000000207. The van der Waals surface area contributed by atoms with Crippen molar-refractivity contribution in [3.8, 4) is 56.3 Å². The van der Waals surface area contributed by atoms with Crippen LogP contribution in [0.25, 0.3) is 56.1 Å². The molecule has 14 rings (SSSR count). The Kier molecular flexibility index (Phi) is 37.4. The predicted molar refractivity (Wildman–Crippen MR) is 475 cm³/mol. The number of nitrogens with zero attached hydrogens (tertiary/aromatic N) is 10. The highest BCUT2D eigenvalue weighted by Gasteiger charge is 2.48. The molecule has 10 heterocycles. The number of benzene rings is 4. The number of carbonyl (C=O) groups excluding carboxylic acids is 11. The first-order chi connectivity index (χ1) is 65.5. The number of aromatic nitrogens is 8. The van der Waals surface area contributed by atoms with Gasteiger partial charge in [-0.2, -0.15) is 13.2 Å². The van der Waals surface area contributed by atoms with E-state index >= 15 is 0 Å². The molecule has 10 aromatic rings. The topological polar surface area (TPSA) is 553 Å². The zero-order valence-corrected chi connectivity index (χ0v) is 74.7. The Labute approximate surface area is 774 Å². The number of alkyl halides is 3. The van der Waals surface area contributed by atoms with Gasteiger partial charge in [0.05, 0.1) is 105 Å². The number of aliphatic carboxylic acids is 2. The number of carboxylic acids is 2. The number of Topliss-reactive ketones (excluding diaryl/α,β-unsaturated/α-hetero) is 1. The third-order valence-corrected chi connectivity index (χ3v) is 21.1. The third kappa shape index (κ3) is 27.6. The van der Waals surface area contributed by atoms with E-state index in [-0.39, 0.29) is 84.9 Å². The predicted octanol–water partition coefficient (Wildman–Crippen LogP) is 7.03. The quantitative estimate of drug-likeness (QED) is 0.0137. The minimum atomic E-state index is -5.08. The van der Waals surface area contributed by atoms with Crippen LogP contribution in [-0.2, 0) is 71.6 Å². The molecule has 0 radical (unpaired) electrons. The fourth-order valence-electron chi connectivity index (χ4n) is 14.6. The van der Waals surface area contributed by atoms with Crippen LogP contribution in [0.15, 0.2) is 131 Å². The van der Waals surface area contributed by atoms with E-state index in [1.807, 2.05) is 86.8 Å². The lowest BCUT2D eigenvalue weighted by atomic mass is 10.0. The fourth-order valence-corrected chi connectivity index (χ4v) is 14.6. The van der Waals surface area contributed by atoms with Crippen LogP contribution < -0.4 is 47.1 Å². The number of amides is 10. The molecule has 2 saturated heterocycles. The van der Waals surface area contributed by atoms with E-state index in [9.17, 15) is 70.7 Å². The molecular weight excluding hydrogens is 1790 g/mol. The summed E-state index contributed by atoms with van der Waals surface area (Å²) in [6.45, 7) is 13.5. The number of carbonyl (C=O) groups is 13. The Morgan fingerprint density at radius 3 is 1.25 bits per heavy atom. The fraction of sp³-hybridized carbons (Fsp3) is 0.396. The van der Waals surface area contributed by atoms with Crippen molar-refractivity contribution >= 4 is 99.7 Å². The molecule has 2 unspecified atom stereocenters. The average molecular weight is 1890 g/mol. The number of imide groups is 4. The number of nitrogens with two attached hydrogens (primary N) is 1. The second-order valence-corrected chi connectivity index (χ2v) is 30.7. The first kappa shape index (κ1) is 102. The molecule has 2 fully saturated rings. The van der Waals surface area contributed by atoms with Crippen LogP contribution in [0.5, 0.6) is 11.5 Å². The number of rotatable bonds is 46. The van der Waals surface area contributed by atoms with Gasteiger partial charge in [0, 0.05) is 106 Å². The first-order valence-electron chi connectivity index (χ1n) is 43.4. The molecule has 4 aliphatic rings. The minimum Gasteiger partial charge on any atom is -0.483 e. The Morgan fingerprint density at radius 2 is 0.875 bits per heavy atom. The van der Waals surface area contributed by atoms with Crippen LogP contribution in [0.3, 0.4) is 0 Å². The van der Waals surface area contributed by atoms with E-state index < -0.39 is 95.9 Å². The van der Waals surface area contributed by atoms with E-state index in [4.69, 9.17) is 72.7 Å². The van der Waals surface area contributed by atoms with Crippen LogP contribution in [0.2, 0.25) is 0 Å². The average Bonchev–Trinajstić information content (AvgIpc) is 1.60. The summed E-state index contributed by atoms with van der Waals surface area (Å²) in [7, 11) is 0. The molecule has 136 heavy (non-hydrogen) atoms. The molecule has 6 aromatic heterocycles. The molecule has 0 aliphatic carbocycles. The van der Waals surface area contributed by atoms with Gasteiger partial charge >= 0.3 is 18.1 Å². The van der Waals surface area contributed by atoms with E-state index in [0.717, 1.165) is 90.4 Å². The molecule has 2 atom stereocenters. The van der Waals surface area contributed by atoms with Crippen molar-refractivity contribution in [2.75, 3.05) is 136 Å². The first-order valence-corrected chi connectivity index (χ1v) is 43.4. The highest BCUT2D eigenvalue weighted by atomic mass is 19.4. The number of hydrogen-bond acceptors (Lipinski definition) is 32. The number of hydrogen-bond donors (Lipinski definition) is 9. The normalized spacial score (nSPS) is 14.5. The maximum absolute atomic E-state index is 13.2. The lowest BCUT2D eigenvalue weighted by Gasteiger charge is -2.27. The van der Waals surface area contributed by atoms with Gasteiger partial charge in [0.15, 0.2) is 30.3 Å². The number of ketones is 1. The van der Waals surface area contributed by atoms with Crippen LogP contribution in [0.4, 0.5) is 24.8 Å². The molecule has 10 N–H and O–H groups in total. The number of carboxylic acid groups (broad SMARTS) is 2. The number of ether oxygens (including phenoxy) is 8. The monoisotopic (exact) mass is 1890 g/mol. The van der Waals surface area contributed by atoms with Crippen molar-refractivity contribution in [2.24, 2.45) is 5.73 Å². The molecule has 4 aliphatic heterocycles. The standard InChI is InChI=1S/C45H50N8O11.C25H34N4O9.C19H17N5O3.C2HF3O2/c1-28-39(29(2)64-51-28)30-10-12-31(13-11-30)41-42(52-18-17-46-26-36(52)49-41)48-25-32(54)7-3-4-19-60-21-23-62-24-22-61-20-6-16-47-38(56)27-63-35-9-5-8-33-40(35)45(59)53(44(33)58)34-14-15-37(55)50-43(34)57;26-8-2-10-35-12-14-37-15-13-36-11-3-9-27-21(31)16-38-19-5-1-4-17-22(19)25(34)29(24(17)33)18-6-7-20(30)28-23(18)32;1-11-17(12(2)27-23-11)13-3-5-14(6-4-13)18-19(21-10-16(25)26)24-8-7-20-9-15(24)22-18;3-2(4,5)1(6)7/h5,8-13,17-18,26,34,48H,3-4,6-7,14-16,19-25,27H2,1-2H3,(H,47,56)(H,50,55,57);1,4-5,18H,2-3,6-16,26H2,(H,27,31)(H,28,30,32);3-9,21H,10H2,1-2H3,(H,25,26);(H,6,7). The summed E-state index contributed by atoms with van der Waals surface area (Å²) in [6, 6.07) is 22.6. The second kappa shape index (κ2) is 49.9. The highest BCUT2D eigenvalue weighted by molar-refractivity contribution is 6.25. The number of nitrogens with one attached hydrogen (secondary N) is 6. The zero-order chi connectivity index (χ0) is 97.4. The summed E-state index contributed by atoms with van der Waals surface area (Å²) in [6.07, 6.45) is 9.02. The van der Waals surface area contributed by atoms with E-state index in [0.29, 0.717) is 147 Å². The van der Waals surface area contributed by atoms with Crippen molar-refractivity contribution < 1.29 is 133 Å². The van der Waals surface area contributed by atoms with Crippen molar-refractivity contribution in [1.29, 1.82) is 0 Å². The zero-order valence-electron chi connectivity index (χ0n) is 74.7. The summed E-state index contributed by atoms with van der Waals surface area (Å²) in [5.74, 6) is -6.51. The molecular formula is C91H102F3N17O25. The lowest BCUT2D eigenvalue weighted by molar-refractivity contribution is -0.192. The lowest BCUT2D eigenvalue weighted by Crippen LogP contribution is -2.54. The van der Waals surface area contributed by atoms with E-state index in [1.54, 1.807) is 35.4 Å². The van der Waals surface area contributed by atoms with Gasteiger partial charge < -0.3 is 84.2 Å². The molecule has 722 valence electrons. The Bertz CT molecular complexity index is 5880. The molecule has 45 heteroatoms. The van der Waals surface area contributed by atoms with Gasteiger partial charge in [-0.15, -0.1) is 0 Å². The summed E-state index contributed by atoms with van der Waals surface area (Å²) in [5.41, 5.74) is 15.5. The molecule has 0 spiro atoms. The maximum Gasteiger partial charge on any atom is 0.490 e. The minimum absolute atomic E-state index is 0.00672. The van der Waals surface area contributed by atoms with Gasteiger partial charge in [-0.25, -0.2) is 14.8 Å². The summed E-state index contributed by atoms with van der Waals surface area (Å²) in [4.78, 5) is 176. The smallest absolute Gasteiger partial charge is 0.483 e. The van der Waals surface area contributed by atoms with Gasteiger partial charge in [-0.3, -0.25) is 96.7 Å². The van der Waals surface area contributed by atoms with Crippen molar-refractivity contribution in [1.82, 2.24) is 70.1 Å². The van der Waals surface area contributed by atoms with Crippen molar-refractivity contribution in [3.05, 3.63) is 167 Å². The molecule has 0 saturated carbocycles. The van der Waals surface area contributed by atoms with Crippen LogP contribution in [0.1, 0.15) is 129 Å². The third-order valence-electron chi connectivity index (χ3n) is 21.1. The van der Waals surface area contributed by atoms with Gasteiger partial charge in [-0.05, 0) is 115 Å². The highest BCUT2D eigenvalue weighted by Crippen LogP contribution is 2.39. The van der Waals surface area contributed by atoms with Gasteiger partial charge in [0.25, 0.3) is 35.4 Å². The van der Waals surface area contributed by atoms with Crippen LogP contribution >= 0.6 is 0 Å². The van der Waals surface area contributed by atoms with Gasteiger partial charge in [0.1, 0.15) is 64.7 Å². The van der Waals surface area contributed by atoms with E-state index in [1.165, 1.54) is 36.4 Å². The summed E-state index contributed by atoms with van der Waals surface area (Å²) in [5, 5.41) is 40.2. The Hall–Kier alpha value is -14.6. The summed E-state index contributed by atoms with van der Waals surface area (Å²) >= 11 is 0. The largest absolute Gasteiger partial charge is 0.490 e. The molecule has 10 amide bonds. The van der Waals surface area contributed by atoms with Crippen molar-refractivity contribution in [2.45, 2.75) is 110 Å². The molecule has 42 nitrogen and oxygen atoms in total. The molecule has 0 bridgehead atoms. The maximum atomic E-state index is 13.2. The second-order valence-electron chi connectivity index (χ2n) is 30.7. The number of piperidine rings is 2.